The van der Waals surface area contributed by atoms with Crippen molar-refractivity contribution in [1.82, 2.24) is 0 Å². The molecule has 0 aromatic carbocycles. The molecule has 0 bridgehead atoms. The van der Waals surface area contributed by atoms with Crippen LogP contribution in [0.4, 0.5) is 4.79 Å². The van der Waals surface area contributed by atoms with Crippen LogP contribution in [0.1, 0.15) is 6.92 Å². The molecular weight excluding hydrogens is 164 g/mol. The summed E-state index contributed by atoms with van der Waals surface area (Å²) >= 11 is 0. The second-order valence-corrected chi connectivity index (χ2v) is 1.37. The van der Waals surface area contributed by atoms with Crippen LogP contribution in [0.3, 0.4) is 0 Å². The van der Waals surface area contributed by atoms with Gasteiger partial charge in [0.05, 0.1) is 0 Å². The molecular formula is C7H12O5. The highest BCUT2D eigenvalue weighted by atomic mass is 16.6. The number of hydrogen-bond donors (Lipinski definition) is 3. The van der Waals surface area contributed by atoms with Crippen LogP contribution in [0, 0.1) is 0 Å². The lowest BCUT2D eigenvalue weighted by molar-refractivity contribution is -0.132. The van der Waals surface area contributed by atoms with Crippen LogP contribution in [-0.4, -0.2) is 27.4 Å². The lowest BCUT2D eigenvalue weighted by atomic mass is 10.4. The molecule has 0 radical (unpaired) electrons. The lowest BCUT2D eigenvalue weighted by Crippen LogP contribution is -1.92. The van der Waals surface area contributed by atoms with Gasteiger partial charge in [-0.3, -0.25) is 0 Å². The van der Waals surface area contributed by atoms with Gasteiger partial charge in [-0.1, -0.05) is 6.58 Å². The van der Waals surface area contributed by atoms with Crippen LogP contribution >= 0.6 is 0 Å². The van der Waals surface area contributed by atoms with E-state index in [2.05, 4.69) is 19.7 Å². The van der Waals surface area contributed by atoms with Gasteiger partial charge in [-0.25, -0.2) is 9.59 Å². The molecule has 3 N–H and O–H groups in total. The van der Waals surface area contributed by atoms with E-state index in [0.717, 1.165) is 0 Å². The molecule has 0 heterocycles. The molecule has 0 aromatic heterocycles. The van der Waals surface area contributed by atoms with E-state index in [1.165, 1.54) is 6.92 Å². The van der Waals surface area contributed by atoms with E-state index in [0.29, 0.717) is 0 Å². The van der Waals surface area contributed by atoms with Gasteiger partial charge in [-0.2, -0.15) is 0 Å². The van der Waals surface area contributed by atoms with Crippen molar-refractivity contribution >= 4 is 12.1 Å². The fourth-order valence-corrected chi connectivity index (χ4v) is 0. The van der Waals surface area contributed by atoms with Crippen LogP contribution in [0.5, 0.6) is 0 Å². The summed E-state index contributed by atoms with van der Waals surface area (Å²) in [5, 5.41) is 21.8. The Morgan fingerprint density at radius 1 is 1.08 bits per heavy atom. The van der Waals surface area contributed by atoms with Gasteiger partial charge in [0, 0.05) is 5.57 Å². The number of carboxylic acid groups (broad SMARTS) is 3. The normalized spacial score (nSPS) is 6.08. The number of hydrogen-bond acceptors (Lipinski definition) is 2. The van der Waals surface area contributed by atoms with Crippen molar-refractivity contribution < 1.29 is 24.9 Å². The third kappa shape index (κ3) is 86.9. The Hall–Kier alpha value is -1.78. The molecule has 0 aromatic rings. The Bertz CT molecular complexity index is 145. The Kier molecular flexibility index (Phi) is 16.6. The van der Waals surface area contributed by atoms with Crippen LogP contribution < -0.4 is 0 Å². The van der Waals surface area contributed by atoms with Crippen molar-refractivity contribution in [3.05, 3.63) is 25.3 Å². The summed E-state index contributed by atoms with van der Waals surface area (Å²) < 4.78 is 0. The first-order valence-electron chi connectivity index (χ1n) is 2.68. The van der Waals surface area contributed by atoms with E-state index in [1.54, 1.807) is 0 Å². The zero-order valence-electron chi connectivity index (χ0n) is 6.78. The maximum atomic E-state index is 9.60. The molecule has 0 fully saturated rings. The molecule has 0 amide bonds. The highest BCUT2D eigenvalue weighted by Crippen LogP contribution is 1.81. The minimum absolute atomic E-state index is 0.176. The van der Waals surface area contributed by atoms with Crippen LogP contribution in [0.15, 0.2) is 25.3 Å². The van der Waals surface area contributed by atoms with Crippen molar-refractivity contribution in [2.75, 3.05) is 0 Å². The van der Waals surface area contributed by atoms with E-state index in [-0.39, 0.29) is 5.57 Å². The van der Waals surface area contributed by atoms with Crippen LogP contribution in [-0.2, 0) is 4.79 Å². The molecule has 0 rings (SSSR count). The van der Waals surface area contributed by atoms with Gasteiger partial charge in [0.1, 0.15) is 0 Å². The van der Waals surface area contributed by atoms with Gasteiger partial charge in [-0.15, -0.1) is 13.2 Å². The molecule has 0 unspecified atom stereocenters. The fourth-order valence-electron chi connectivity index (χ4n) is 0. The summed E-state index contributed by atoms with van der Waals surface area (Å²) in [6.45, 7) is 10.6. The number of aliphatic carboxylic acids is 1. The van der Waals surface area contributed by atoms with E-state index >= 15 is 0 Å². The average molecular weight is 176 g/mol. The molecule has 0 atom stereocenters. The first-order valence-corrected chi connectivity index (χ1v) is 2.68. The van der Waals surface area contributed by atoms with Crippen LogP contribution in [0.25, 0.3) is 0 Å². The lowest BCUT2D eigenvalue weighted by Gasteiger charge is -1.79. The Morgan fingerprint density at radius 2 is 1.17 bits per heavy atom. The molecule has 0 aliphatic rings. The average Bonchev–Trinajstić information content (AvgIpc) is 1.90. The SMILES string of the molecule is C=C.C=C(C)C(=O)O.O=C(O)O. The molecule has 70 valence electrons. The third-order valence-electron chi connectivity index (χ3n) is 0.365. The highest BCUT2D eigenvalue weighted by molar-refractivity contribution is 5.84. The van der Waals surface area contributed by atoms with Gasteiger partial charge in [0.25, 0.3) is 0 Å². The standard InChI is InChI=1S/C4H6O2.C2H4.CH2O3/c1-3(2)4(5)6;1-2;2-1(3)4/h1H2,2H3,(H,5,6);1-2H2;(H2,2,3,4). The Morgan fingerprint density at radius 3 is 1.17 bits per heavy atom. The number of rotatable bonds is 1. The molecule has 12 heavy (non-hydrogen) atoms. The van der Waals surface area contributed by atoms with E-state index < -0.39 is 12.1 Å². The summed E-state index contributed by atoms with van der Waals surface area (Å²) in [7, 11) is 0. The largest absolute Gasteiger partial charge is 0.503 e. The summed E-state index contributed by atoms with van der Waals surface area (Å²) in [5.74, 6) is -0.935. The van der Waals surface area contributed by atoms with Gasteiger partial charge >= 0.3 is 12.1 Å². The van der Waals surface area contributed by atoms with Crippen molar-refractivity contribution in [2.45, 2.75) is 6.92 Å². The topological polar surface area (TPSA) is 94.8 Å². The zero-order valence-corrected chi connectivity index (χ0v) is 6.78. The van der Waals surface area contributed by atoms with E-state index in [1.807, 2.05) is 0 Å². The molecule has 0 aliphatic carbocycles. The van der Waals surface area contributed by atoms with Gasteiger partial charge in [-0.05, 0) is 6.92 Å². The second kappa shape index (κ2) is 12.0. The Balaban J connectivity index is -0.000000118. The zero-order chi connectivity index (χ0) is 10.7. The van der Waals surface area contributed by atoms with Gasteiger partial charge in [0.2, 0.25) is 0 Å². The van der Waals surface area contributed by atoms with Crippen molar-refractivity contribution in [3.8, 4) is 0 Å². The summed E-state index contributed by atoms with van der Waals surface area (Å²) in [4.78, 5) is 18.2. The predicted molar refractivity (Wildman–Crippen MR) is 44.4 cm³/mol. The Labute approximate surface area is 70.3 Å². The molecule has 0 saturated carbocycles. The minimum atomic E-state index is -1.83. The number of carboxylic acids is 1. The van der Waals surface area contributed by atoms with Gasteiger partial charge < -0.3 is 15.3 Å². The maximum Gasteiger partial charge on any atom is 0.503 e. The molecule has 5 heteroatoms. The fraction of sp³-hybridized carbons (Fsp3) is 0.143. The second-order valence-electron chi connectivity index (χ2n) is 1.37. The van der Waals surface area contributed by atoms with Crippen LogP contribution in [0.2, 0.25) is 0 Å². The maximum absolute atomic E-state index is 9.60. The third-order valence-corrected chi connectivity index (χ3v) is 0.365. The number of carbonyl (C=O) groups is 2. The van der Waals surface area contributed by atoms with E-state index in [9.17, 15) is 4.79 Å². The molecule has 0 aliphatic heterocycles. The summed E-state index contributed by atoms with van der Waals surface area (Å²) in [6, 6.07) is 0. The van der Waals surface area contributed by atoms with Crippen molar-refractivity contribution in [2.24, 2.45) is 0 Å². The smallest absolute Gasteiger partial charge is 0.478 e. The van der Waals surface area contributed by atoms with Crippen molar-refractivity contribution in [1.29, 1.82) is 0 Å². The minimum Gasteiger partial charge on any atom is -0.478 e. The predicted octanol–water partition coefficient (Wildman–Crippen LogP) is 1.67. The quantitative estimate of drug-likeness (QED) is 0.417. The van der Waals surface area contributed by atoms with E-state index in [4.69, 9.17) is 20.1 Å². The molecule has 0 spiro atoms. The monoisotopic (exact) mass is 176 g/mol. The summed E-state index contributed by atoms with van der Waals surface area (Å²) in [5.41, 5.74) is 0.176. The molecule has 0 saturated heterocycles. The highest BCUT2D eigenvalue weighted by Gasteiger charge is 1.90. The first-order chi connectivity index (χ1) is 5.37. The van der Waals surface area contributed by atoms with Gasteiger partial charge in [0.15, 0.2) is 0 Å². The first kappa shape index (κ1) is 16.7. The summed E-state index contributed by atoms with van der Waals surface area (Å²) in [6.07, 6.45) is -1.83. The molecule has 5 nitrogen and oxygen atoms in total. The van der Waals surface area contributed by atoms with Crippen molar-refractivity contribution in [3.63, 3.8) is 0 Å².